The van der Waals surface area contributed by atoms with Gasteiger partial charge in [0.05, 0.1) is 36.9 Å². The number of aliphatic hydroxyl groups excluding tert-OH is 1. The van der Waals surface area contributed by atoms with Crippen LogP contribution in [0.3, 0.4) is 0 Å². The molecule has 0 aliphatic carbocycles. The van der Waals surface area contributed by atoms with Crippen LogP contribution in [0, 0.1) is 23.7 Å². The average molecular weight is 652 g/mol. The molecule has 0 radical (unpaired) electrons. The summed E-state index contributed by atoms with van der Waals surface area (Å²) in [4.78, 5) is 53.3. The second kappa shape index (κ2) is 16.8. The second-order valence-electron chi connectivity index (χ2n) is 14.1. The normalized spacial score (nSPS) is 41.7. The summed E-state index contributed by atoms with van der Waals surface area (Å²) in [6, 6.07) is -0.214. The summed E-state index contributed by atoms with van der Waals surface area (Å²) in [5.74, 6) is -2.83. The molecule has 3 aliphatic rings. The predicted molar refractivity (Wildman–Crippen MR) is 171 cm³/mol. The maximum absolute atomic E-state index is 13.4. The highest BCUT2D eigenvalue weighted by Gasteiger charge is 2.55. The number of hydrogen-bond donors (Lipinski definition) is 1. The highest BCUT2D eigenvalue weighted by Crippen LogP contribution is 2.45. The van der Waals surface area contributed by atoms with Gasteiger partial charge in [0.15, 0.2) is 18.2 Å². The van der Waals surface area contributed by atoms with E-state index in [9.17, 15) is 24.3 Å². The number of epoxide rings is 1. The Kier molecular flexibility index (Phi) is 14.0. The number of rotatable bonds is 9. The summed E-state index contributed by atoms with van der Waals surface area (Å²) in [6.07, 6.45) is 1.45. The van der Waals surface area contributed by atoms with E-state index in [0.29, 0.717) is 19.3 Å². The van der Waals surface area contributed by atoms with E-state index in [1.165, 1.54) is 0 Å². The Bertz CT molecular complexity index is 1080. The monoisotopic (exact) mass is 651 g/mol. The number of aldehydes is 1. The first-order valence-corrected chi connectivity index (χ1v) is 17.0. The summed E-state index contributed by atoms with van der Waals surface area (Å²) in [5, 5.41) is 11.5. The Hall–Kier alpha value is -2.18. The summed E-state index contributed by atoms with van der Waals surface area (Å²) >= 11 is 0. The van der Waals surface area contributed by atoms with Gasteiger partial charge in [-0.25, -0.2) is 0 Å². The Morgan fingerprint density at radius 3 is 2.41 bits per heavy atom. The van der Waals surface area contributed by atoms with Crippen LogP contribution >= 0.6 is 0 Å². The largest absolute Gasteiger partial charge is 0.462 e. The van der Waals surface area contributed by atoms with E-state index in [2.05, 4.69) is 0 Å². The van der Waals surface area contributed by atoms with Crippen LogP contribution in [0.15, 0.2) is 12.2 Å². The fourth-order valence-corrected chi connectivity index (χ4v) is 7.02. The zero-order valence-corrected chi connectivity index (χ0v) is 29.2. The number of nitrogens with zero attached hydrogens (tertiary/aromatic N) is 1. The van der Waals surface area contributed by atoms with Gasteiger partial charge in [0.25, 0.3) is 0 Å². The molecule has 3 aliphatic heterocycles. The lowest BCUT2D eigenvalue weighted by Crippen LogP contribution is -2.57. The standard InChI is InChI=1S/C35H57NO10/c1-10-12-29(40)44-32-25(36(8)9)18-21(4)42-34(32)45-31-22(5)27(39)19-30(41)43-28(11-2)23(6)33-35(7,46-33)15-13-26(38)20(3)17-24(31)14-16-37/h13,15-16,20-25,27-28,31-34,39H,10-12,14,17-19H2,1-9H3/b15-13+/t20-,21-,22+,23-,24+,25+,27-,28-,31-,32-,33+,34+,35+/m1/s1. The lowest BCUT2D eigenvalue weighted by atomic mass is 9.79. The molecule has 1 N–H and O–H groups in total. The van der Waals surface area contributed by atoms with E-state index in [0.717, 1.165) is 6.29 Å². The summed E-state index contributed by atoms with van der Waals surface area (Å²) < 4.78 is 30.8. The van der Waals surface area contributed by atoms with Gasteiger partial charge in [-0.1, -0.05) is 34.6 Å². The molecule has 0 unspecified atom stereocenters. The molecule has 13 atom stereocenters. The molecule has 3 rings (SSSR count). The van der Waals surface area contributed by atoms with Gasteiger partial charge in [-0.15, -0.1) is 0 Å². The van der Waals surface area contributed by atoms with Crippen LogP contribution in [-0.2, 0) is 42.9 Å². The highest BCUT2D eigenvalue weighted by molar-refractivity contribution is 5.91. The van der Waals surface area contributed by atoms with Crippen LogP contribution in [-0.4, -0.2) is 103 Å². The van der Waals surface area contributed by atoms with Crippen LogP contribution < -0.4 is 0 Å². The maximum Gasteiger partial charge on any atom is 0.308 e. The first-order valence-electron chi connectivity index (χ1n) is 17.0. The third-order valence-electron chi connectivity index (χ3n) is 9.99. The van der Waals surface area contributed by atoms with Crippen molar-refractivity contribution in [2.24, 2.45) is 23.7 Å². The van der Waals surface area contributed by atoms with Gasteiger partial charge < -0.3 is 38.5 Å². The summed E-state index contributed by atoms with van der Waals surface area (Å²) in [6.45, 7) is 13.2. The van der Waals surface area contributed by atoms with E-state index in [-0.39, 0.29) is 61.6 Å². The molecule has 11 heteroatoms. The maximum atomic E-state index is 13.4. The molecule has 46 heavy (non-hydrogen) atoms. The number of aliphatic hydroxyl groups is 1. The molecule has 0 spiro atoms. The van der Waals surface area contributed by atoms with Crippen LogP contribution in [0.25, 0.3) is 0 Å². The first-order chi connectivity index (χ1) is 21.6. The van der Waals surface area contributed by atoms with Crippen molar-refractivity contribution in [1.29, 1.82) is 0 Å². The molecule has 2 fully saturated rings. The smallest absolute Gasteiger partial charge is 0.308 e. The zero-order chi connectivity index (χ0) is 34.3. The molecule has 0 aromatic carbocycles. The SMILES string of the molecule is CCCC(=O)O[C@H]1[C@H](O[C@H]2[C@@H](CC=O)C[C@@H](C)C(=O)/C=C/[C@]3(C)O[C@H]3[C@H](C)[C@@H](CC)OC(=O)C[C@@H](O)[C@@H]2C)O[C@H](C)C[C@@H]1N(C)C. The minimum absolute atomic E-state index is 0.0471. The van der Waals surface area contributed by atoms with E-state index in [1.54, 1.807) is 19.1 Å². The summed E-state index contributed by atoms with van der Waals surface area (Å²) in [5.41, 5.74) is -0.657. The Morgan fingerprint density at radius 1 is 1.11 bits per heavy atom. The van der Waals surface area contributed by atoms with Crippen molar-refractivity contribution in [3.8, 4) is 0 Å². The van der Waals surface area contributed by atoms with E-state index >= 15 is 0 Å². The second-order valence-corrected chi connectivity index (χ2v) is 14.1. The zero-order valence-electron chi connectivity index (χ0n) is 29.2. The van der Waals surface area contributed by atoms with Gasteiger partial charge in [0, 0.05) is 30.6 Å². The van der Waals surface area contributed by atoms with Crippen molar-refractivity contribution in [2.45, 2.75) is 148 Å². The lowest BCUT2D eigenvalue weighted by Gasteiger charge is -2.45. The number of likely N-dealkylation sites (N-methyl/N-ethyl adjacent to an activating group) is 1. The highest BCUT2D eigenvalue weighted by atomic mass is 16.7. The quantitative estimate of drug-likeness (QED) is 0.220. The topological polar surface area (TPSA) is 141 Å². The van der Waals surface area contributed by atoms with Crippen LogP contribution in [0.2, 0.25) is 0 Å². The Balaban J connectivity index is 2.01. The van der Waals surface area contributed by atoms with E-state index in [4.69, 9.17) is 23.7 Å². The summed E-state index contributed by atoms with van der Waals surface area (Å²) in [7, 11) is 3.81. The van der Waals surface area contributed by atoms with Gasteiger partial charge >= 0.3 is 11.9 Å². The number of allylic oxidation sites excluding steroid dienone is 1. The van der Waals surface area contributed by atoms with Crippen LogP contribution in [0.1, 0.15) is 93.4 Å². The lowest BCUT2D eigenvalue weighted by molar-refractivity contribution is -0.287. The number of hydrogen-bond acceptors (Lipinski definition) is 11. The molecule has 0 amide bonds. The third-order valence-corrected chi connectivity index (χ3v) is 9.99. The van der Waals surface area contributed by atoms with Crippen molar-refractivity contribution in [1.82, 2.24) is 4.90 Å². The molecule has 262 valence electrons. The van der Waals surface area contributed by atoms with Crippen LogP contribution in [0.5, 0.6) is 0 Å². The number of ether oxygens (including phenoxy) is 5. The molecule has 0 saturated carbocycles. The minimum Gasteiger partial charge on any atom is -0.462 e. The first kappa shape index (κ1) is 38.3. The molecule has 11 nitrogen and oxygen atoms in total. The fourth-order valence-electron chi connectivity index (χ4n) is 7.02. The average Bonchev–Trinajstić information content (AvgIpc) is 3.68. The van der Waals surface area contributed by atoms with Gasteiger partial charge in [0.2, 0.25) is 0 Å². The molecule has 0 aromatic heterocycles. The fraction of sp³-hybridized carbons (Fsp3) is 0.829. The third kappa shape index (κ3) is 9.69. The number of fused-ring (bicyclic) bond motifs is 1. The van der Waals surface area contributed by atoms with E-state index in [1.807, 2.05) is 60.5 Å². The molecular formula is C35H57NO10. The molecule has 3 heterocycles. The van der Waals surface area contributed by atoms with Crippen molar-refractivity contribution in [2.75, 3.05) is 14.1 Å². The van der Waals surface area contributed by atoms with Crippen molar-refractivity contribution in [3.05, 3.63) is 12.2 Å². The molecule has 2 saturated heterocycles. The van der Waals surface area contributed by atoms with E-state index < -0.39 is 60.0 Å². The number of carbonyl (C=O) groups excluding carboxylic acids is 4. The van der Waals surface area contributed by atoms with Crippen molar-refractivity contribution >= 4 is 24.0 Å². The number of carbonyl (C=O) groups is 4. The van der Waals surface area contributed by atoms with Crippen molar-refractivity contribution < 1.29 is 48.0 Å². The number of cyclic esters (lactones) is 1. The van der Waals surface area contributed by atoms with Gasteiger partial charge in [-0.2, -0.15) is 0 Å². The van der Waals surface area contributed by atoms with Gasteiger partial charge in [0.1, 0.15) is 18.0 Å². The van der Waals surface area contributed by atoms with Gasteiger partial charge in [-0.3, -0.25) is 14.4 Å². The minimum atomic E-state index is -1.19. The Labute approximate surface area is 274 Å². The molecule has 0 bridgehead atoms. The molecule has 0 aromatic rings. The molecular weight excluding hydrogens is 594 g/mol. The number of esters is 2. The number of ketones is 1. The van der Waals surface area contributed by atoms with Gasteiger partial charge in [-0.05, 0) is 71.7 Å². The Morgan fingerprint density at radius 2 is 1.80 bits per heavy atom. The van der Waals surface area contributed by atoms with Crippen LogP contribution in [0.4, 0.5) is 0 Å². The van der Waals surface area contributed by atoms with Crippen molar-refractivity contribution in [3.63, 3.8) is 0 Å². The predicted octanol–water partition coefficient (Wildman–Crippen LogP) is 4.02.